The number of methoxy groups -OCH3 is 3. The predicted molar refractivity (Wildman–Crippen MR) is 138 cm³/mol. The number of piperidine rings is 2. The van der Waals surface area contributed by atoms with Crippen molar-refractivity contribution in [2.24, 2.45) is 16.8 Å². The summed E-state index contributed by atoms with van der Waals surface area (Å²) in [5.74, 6) is 0.517. The minimum Gasteiger partial charge on any atom is -0.504 e. The van der Waals surface area contributed by atoms with Gasteiger partial charge in [0.15, 0.2) is 0 Å². The largest absolute Gasteiger partial charge is 0.504 e. The number of carbonyl (C=O) groups is 1. The van der Waals surface area contributed by atoms with Gasteiger partial charge in [-0.25, -0.2) is 4.79 Å². The summed E-state index contributed by atoms with van der Waals surface area (Å²) in [6.07, 6.45) is 3.65. The third-order valence-electron chi connectivity index (χ3n) is 8.13. The number of ether oxygens (including phenoxy) is 3. The van der Waals surface area contributed by atoms with E-state index in [0.29, 0.717) is 24.2 Å². The van der Waals surface area contributed by atoms with Crippen molar-refractivity contribution >= 4 is 17.4 Å². The Balaban J connectivity index is 1.55. The molecule has 0 amide bonds. The molecule has 7 heteroatoms. The van der Waals surface area contributed by atoms with Crippen molar-refractivity contribution in [1.82, 2.24) is 4.90 Å². The first-order chi connectivity index (χ1) is 17.5. The summed E-state index contributed by atoms with van der Waals surface area (Å²) >= 11 is 0. The zero-order chi connectivity index (χ0) is 25.4. The SMILES string of the molecule is CC[C@@H]1CN2CC[C@@]3(O)C(=Nc4ccc(-c5ccccc5)c(OC)c43)C2C[C@@H]1/C(=C\OC)C(=O)OC. The highest BCUT2D eigenvalue weighted by atomic mass is 16.5. The van der Waals surface area contributed by atoms with Gasteiger partial charge in [-0.15, -0.1) is 0 Å². The summed E-state index contributed by atoms with van der Waals surface area (Å²) in [6, 6.07) is 14.0. The number of hydrogen-bond acceptors (Lipinski definition) is 7. The van der Waals surface area contributed by atoms with Crippen LogP contribution in [0.1, 0.15) is 31.7 Å². The summed E-state index contributed by atoms with van der Waals surface area (Å²) in [4.78, 5) is 20.1. The van der Waals surface area contributed by atoms with E-state index in [4.69, 9.17) is 19.2 Å². The van der Waals surface area contributed by atoms with Gasteiger partial charge in [-0.3, -0.25) is 9.89 Å². The van der Waals surface area contributed by atoms with Crippen LogP contribution < -0.4 is 4.74 Å². The number of hydrogen-bond donors (Lipinski definition) is 1. The first kappa shape index (κ1) is 24.5. The molecule has 3 aliphatic rings. The molecular weight excluding hydrogens is 456 g/mol. The maximum Gasteiger partial charge on any atom is 0.337 e. The summed E-state index contributed by atoms with van der Waals surface area (Å²) in [7, 11) is 4.60. The molecule has 2 aromatic carbocycles. The maximum atomic E-state index is 12.7. The molecule has 36 heavy (non-hydrogen) atoms. The van der Waals surface area contributed by atoms with E-state index in [1.54, 1.807) is 14.2 Å². The quantitative estimate of drug-likeness (QED) is 0.366. The highest BCUT2D eigenvalue weighted by Gasteiger charge is 2.54. The molecule has 3 heterocycles. The molecule has 1 N–H and O–H groups in total. The summed E-state index contributed by atoms with van der Waals surface area (Å²) < 4.78 is 16.3. The van der Waals surface area contributed by atoms with Gasteiger partial charge >= 0.3 is 5.97 Å². The minimum absolute atomic E-state index is 0.0563. The Bertz CT molecular complexity index is 1210. The Morgan fingerprint density at radius 2 is 1.97 bits per heavy atom. The van der Waals surface area contributed by atoms with Crippen molar-refractivity contribution in [2.45, 2.75) is 37.8 Å². The lowest BCUT2D eigenvalue weighted by Crippen LogP contribution is -2.60. The molecule has 190 valence electrons. The van der Waals surface area contributed by atoms with E-state index in [9.17, 15) is 9.90 Å². The van der Waals surface area contributed by atoms with Gasteiger partial charge < -0.3 is 19.3 Å². The van der Waals surface area contributed by atoms with Crippen molar-refractivity contribution in [3.63, 3.8) is 0 Å². The zero-order valence-electron chi connectivity index (χ0n) is 21.4. The van der Waals surface area contributed by atoms with Gasteiger partial charge in [-0.1, -0.05) is 43.7 Å². The van der Waals surface area contributed by atoms with Gasteiger partial charge in [0.2, 0.25) is 0 Å². The van der Waals surface area contributed by atoms with Crippen LogP contribution in [0.3, 0.4) is 0 Å². The average Bonchev–Trinajstić information content (AvgIpc) is 3.23. The van der Waals surface area contributed by atoms with Crippen LogP contribution in [0.4, 0.5) is 5.69 Å². The molecule has 0 spiro atoms. The molecule has 2 saturated heterocycles. The van der Waals surface area contributed by atoms with E-state index in [2.05, 4.69) is 11.8 Å². The van der Waals surface area contributed by atoms with Gasteiger partial charge in [0.1, 0.15) is 11.4 Å². The van der Waals surface area contributed by atoms with Crippen LogP contribution in [0.25, 0.3) is 11.1 Å². The normalized spacial score (nSPS) is 27.4. The Kier molecular flexibility index (Phi) is 6.62. The first-order valence-electron chi connectivity index (χ1n) is 12.6. The number of aliphatic hydroxyl groups is 1. The molecule has 0 saturated carbocycles. The van der Waals surface area contributed by atoms with E-state index in [-0.39, 0.29) is 23.8 Å². The molecule has 7 nitrogen and oxygen atoms in total. The van der Waals surface area contributed by atoms with Crippen LogP contribution in [0, 0.1) is 11.8 Å². The smallest absolute Gasteiger partial charge is 0.337 e. The van der Waals surface area contributed by atoms with Crippen molar-refractivity contribution in [2.75, 3.05) is 34.4 Å². The highest BCUT2D eigenvalue weighted by molar-refractivity contribution is 6.06. The zero-order valence-corrected chi connectivity index (χ0v) is 21.4. The van der Waals surface area contributed by atoms with Crippen LogP contribution in [-0.2, 0) is 19.9 Å². The van der Waals surface area contributed by atoms with Crippen molar-refractivity contribution in [3.8, 4) is 16.9 Å². The lowest BCUT2D eigenvalue weighted by atomic mass is 9.70. The Morgan fingerprint density at radius 1 is 1.19 bits per heavy atom. The molecule has 2 fully saturated rings. The molecule has 0 bridgehead atoms. The van der Waals surface area contributed by atoms with Gasteiger partial charge in [-0.05, 0) is 42.4 Å². The maximum absolute atomic E-state index is 12.7. The summed E-state index contributed by atoms with van der Waals surface area (Å²) in [5.41, 5.74) is 3.54. The van der Waals surface area contributed by atoms with E-state index >= 15 is 0 Å². The second kappa shape index (κ2) is 9.71. The number of fused-ring (bicyclic) bond motifs is 5. The number of esters is 1. The number of benzene rings is 2. The van der Waals surface area contributed by atoms with Crippen LogP contribution in [-0.4, -0.2) is 62.1 Å². The molecular formula is C29H34N2O5. The first-order valence-corrected chi connectivity index (χ1v) is 12.6. The van der Waals surface area contributed by atoms with Gasteiger partial charge in [0, 0.05) is 18.7 Å². The third kappa shape index (κ3) is 3.82. The topological polar surface area (TPSA) is 80.6 Å². The molecule has 1 unspecified atom stereocenters. The Labute approximate surface area is 212 Å². The molecule has 0 radical (unpaired) electrons. The van der Waals surface area contributed by atoms with E-state index in [1.165, 1.54) is 13.4 Å². The van der Waals surface area contributed by atoms with Crippen LogP contribution in [0.15, 0.2) is 59.3 Å². The third-order valence-corrected chi connectivity index (χ3v) is 8.13. The standard InChI is InChI=1S/C29H34N2O5/c1-5-18-16-31-14-13-29(33)25-23(12-11-20(26(25)35-3)19-9-7-6-8-10-19)30-27(29)24(31)15-21(18)22(17-34-2)28(32)36-4/h6-12,17-18,21,24,33H,5,13-16H2,1-4H3/b22-17+/t18-,21+,24?,29+/m1/s1. The van der Waals surface area contributed by atoms with Crippen LogP contribution in [0.2, 0.25) is 0 Å². The van der Waals surface area contributed by atoms with E-state index < -0.39 is 5.60 Å². The van der Waals surface area contributed by atoms with Crippen LogP contribution >= 0.6 is 0 Å². The van der Waals surface area contributed by atoms with Crippen LogP contribution in [0.5, 0.6) is 5.75 Å². The van der Waals surface area contributed by atoms with Gasteiger partial charge in [0.25, 0.3) is 0 Å². The van der Waals surface area contributed by atoms with Gasteiger partial charge in [-0.2, -0.15) is 0 Å². The second-order valence-electron chi connectivity index (χ2n) is 9.84. The fourth-order valence-electron chi connectivity index (χ4n) is 6.38. The monoisotopic (exact) mass is 490 g/mol. The average molecular weight is 491 g/mol. The Morgan fingerprint density at radius 3 is 2.64 bits per heavy atom. The fourth-order valence-corrected chi connectivity index (χ4v) is 6.38. The molecule has 0 aromatic heterocycles. The Hall–Kier alpha value is -3.16. The molecule has 4 atom stereocenters. The molecule has 5 rings (SSSR count). The highest BCUT2D eigenvalue weighted by Crippen LogP contribution is 2.53. The molecule has 3 aliphatic heterocycles. The lowest BCUT2D eigenvalue weighted by molar-refractivity contribution is -0.137. The summed E-state index contributed by atoms with van der Waals surface area (Å²) in [6.45, 7) is 3.71. The minimum atomic E-state index is -1.22. The van der Waals surface area contributed by atoms with Crippen molar-refractivity contribution < 1.29 is 24.1 Å². The fraction of sp³-hybridized carbons (Fsp3) is 0.448. The predicted octanol–water partition coefficient (Wildman–Crippen LogP) is 4.46. The van der Waals surface area contributed by atoms with Crippen molar-refractivity contribution in [1.29, 1.82) is 0 Å². The second-order valence-corrected chi connectivity index (χ2v) is 9.84. The molecule has 2 aromatic rings. The number of carbonyl (C=O) groups excluding carboxylic acids is 1. The van der Waals surface area contributed by atoms with Crippen molar-refractivity contribution in [3.05, 3.63) is 59.9 Å². The van der Waals surface area contributed by atoms with E-state index in [1.807, 2.05) is 42.5 Å². The lowest BCUT2D eigenvalue weighted by Gasteiger charge is -2.50. The number of aliphatic imine (C=N–C) groups is 1. The summed E-state index contributed by atoms with van der Waals surface area (Å²) in [5, 5.41) is 12.2. The van der Waals surface area contributed by atoms with E-state index in [0.717, 1.165) is 47.6 Å². The van der Waals surface area contributed by atoms with Gasteiger partial charge in [0.05, 0.1) is 56.2 Å². The number of nitrogens with zero attached hydrogens (tertiary/aromatic N) is 2. The number of rotatable bonds is 6. The molecule has 0 aliphatic carbocycles.